The van der Waals surface area contributed by atoms with Crippen molar-refractivity contribution >= 4 is 22.1 Å². The zero-order valence-corrected chi connectivity index (χ0v) is 17.7. The van der Waals surface area contributed by atoms with E-state index in [1.807, 2.05) is 18.2 Å². The normalized spacial score (nSPS) is 15.3. The van der Waals surface area contributed by atoms with Gasteiger partial charge in [0, 0.05) is 26.7 Å². The van der Waals surface area contributed by atoms with Crippen LogP contribution in [0.15, 0.2) is 70.1 Å². The minimum atomic E-state index is -3.40. The van der Waals surface area contributed by atoms with Crippen molar-refractivity contribution in [3.63, 3.8) is 0 Å². The highest BCUT2D eigenvalue weighted by molar-refractivity contribution is 7.89. The zero-order valence-electron chi connectivity index (χ0n) is 16.9. The first-order valence-electron chi connectivity index (χ1n) is 9.74. The third-order valence-electron chi connectivity index (χ3n) is 5.04. The van der Waals surface area contributed by atoms with Gasteiger partial charge in [0.1, 0.15) is 0 Å². The molecule has 0 unspecified atom stereocenters. The van der Waals surface area contributed by atoms with E-state index >= 15 is 0 Å². The molecule has 7 heteroatoms. The standard InChI is InChI=1S/C22H28N4O2S/c1-23-22(25-17-20-8-10-21(11-9-20)29(27,28)24-2)26-14-12-19(13-15-26)16-18-6-4-3-5-7-18/h3-11,16,24H,12-15,17H2,1-2H3,(H,23,25). The van der Waals surface area contributed by atoms with Crippen molar-refractivity contribution in [3.05, 3.63) is 71.3 Å². The Morgan fingerprint density at radius 2 is 1.72 bits per heavy atom. The molecule has 1 fully saturated rings. The Morgan fingerprint density at radius 1 is 1.07 bits per heavy atom. The van der Waals surface area contributed by atoms with Gasteiger partial charge in [-0.1, -0.05) is 54.1 Å². The number of rotatable bonds is 5. The molecule has 2 aromatic rings. The van der Waals surface area contributed by atoms with Crippen LogP contribution in [-0.2, 0) is 16.6 Å². The van der Waals surface area contributed by atoms with E-state index in [-0.39, 0.29) is 4.90 Å². The van der Waals surface area contributed by atoms with Gasteiger partial charge in [-0.05, 0) is 43.1 Å². The van der Waals surface area contributed by atoms with E-state index in [0.29, 0.717) is 6.54 Å². The monoisotopic (exact) mass is 412 g/mol. The van der Waals surface area contributed by atoms with Crippen LogP contribution in [0.3, 0.4) is 0 Å². The molecule has 2 N–H and O–H groups in total. The maximum absolute atomic E-state index is 11.8. The molecule has 1 heterocycles. The van der Waals surface area contributed by atoms with Crippen LogP contribution in [0, 0.1) is 0 Å². The third kappa shape index (κ3) is 5.68. The van der Waals surface area contributed by atoms with Crippen LogP contribution in [0.2, 0.25) is 0 Å². The summed E-state index contributed by atoms with van der Waals surface area (Å²) in [5, 5.41) is 3.38. The number of nitrogens with zero attached hydrogens (tertiary/aromatic N) is 2. The first-order valence-corrected chi connectivity index (χ1v) is 11.2. The lowest BCUT2D eigenvalue weighted by Crippen LogP contribution is -2.44. The van der Waals surface area contributed by atoms with Crippen molar-refractivity contribution in [1.82, 2.24) is 14.9 Å². The van der Waals surface area contributed by atoms with Crippen LogP contribution < -0.4 is 10.0 Å². The van der Waals surface area contributed by atoms with Crippen LogP contribution in [-0.4, -0.2) is 46.5 Å². The Hall–Kier alpha value is -2.64. The molecule has 6 nitrogen and oxygen atoms in total. The summed E-state index contributed by atoms with van der Waals surface area (Å²) >= 11 is 0. The number of nitrogens with one attached hydrogen (secondary N) is 2. The van der Waals surface area contributed by atoms with Gasteiger partial charge in [0.2, 0.25) is 10.0 Å². The van der Waals surface area contributed by atoms with Crippen molar-refractivity contribution in [2.45, 2.75) is 24.3 Å². The van der Waals surface area contributed by atoms with Crippen LogP contribution >= 0.6 is 0 Å². The molecule has 0 aliphatic carbocycles. The topological polar surface area (TPSA) is 73.8 Å². The van der Waals surface area contributed by atoms with Crippen molar-refractivity contribution in [2.75, 3.05) is 27.2 Å². The predicted octanol–water partition coefficient (Wildman–Crippen LogP) is 2.85. The van der Waals surface area contributed by atoms with Gasteiger partial charge in [-0.2, -0.15) is 0 Å². The van der Waals surface area contributed by atoms with E-state index in [1.165, 1.54) is 18.2 Å². The highest BCUT2D eigenvalue weighted by Gasteiger charge is 2.17. The number of likely N-dealkylation sites (tertiary alicyclic amines) is 1. The summed E-state index contributed by atoms with van der Waals surface area (Å²) in [4.78, 5) is 6.94. The fourth-order valence-corrected chi connectivity index (χ4v) is 4.08. The molecule has 154 valence electrons. The lowest BCUT2D eigenvalue weighted by molar-refractivity contribution is 0.375. The molecule has 0 saturated carbocycles. The number of sulfonamides is 1. The van der Waals surface area contributed by atoms with Gasteiger partial charge in [-0.3, -0.25) is 4.99 Å². The van der Waals surface area contributed by atoms with Crippen LogP contribution in [0.4, 0.5) is 0 Å². The largest absolute Gasteiger partial charge is 0.352 e. The lowest BCUT2D eigenvalue weighted by Gasteiger charge is -2.31. The maximum atomic E-state index is 11.8. The lowest BCUT2D eigenvalue weighted by atomic mass is 10.0. The van der Waals surface area contributed by atoms with Gasteiger partial charge in [-0.25, -0.2) is 13.1 Å². The Bertz CT molecular complexity index is 958. The van der Waals surface area contributed by atoms with Crippen molar-refractivity contribution < 1.29 is 8.42 Å². The Kier molecular flexibility index (Phi) is 7.06. The summed E-state index contributed by atoms with van der Waals surface area (Å²) in [6.45, 7) is 2.45. The molecule has 0 amide bonds. The second-order valence-corrected chi connectivity index (χ2v) is 8.84. The molecule has 1 aliphatic heterocycles. The fraction of sp³-hybridized carbons (Fsp3) is 0.318. The molecule has 0 atom stereocenters. The van der Waals surface area contributed by atoms with Crippen LogP contribution in [0.25, 0.3) is 6.08 Å². The minimum absolute atomic E-state index is 0.266. The summed E-state index contributed by atoms with van der Waals surface area (Å²) in [7, 11) is -0.201. The molecule has 0 aromatic heterocycles. The number of benzene rings is 2. The van der Waals surface area contributed by atoms with E-state index < -0.39 is 10.0 Å². The first kappa shape index (κ1) is 21.1. The number of aliphatic imine (C=N–C) groups is 1. The smallest absolute Gasteiger partial charge is 0.240 e. The van der Waals surface area contributed by atoms with Gasteiger partial charge in [0.15, 0.2) is 5.96 Å². The number of piperidine rings is 1. The van der Waals surface area contributed by atoms with Gasteiger partial charge < -0.3 is 10.2 Å². The number of hydrogen-bond donors (Lipinski definition) is 2. The summed E-state index contributed by atoms with van der Waals surface area (Å²) in [5.74, 6) is 0.871. The molecule has 0 bridgehead atoms. The van der Waals surface area contributed by atoms with Gasteiger partial charge in [0.25, 0.3) is 0 Å². The first-order chi connectivity index (χ1) is 14.0. The van der Waals surface area contributed by atoms with Gasteiger partial charge in [-0.15, -0.1) is 0 Å². The number of guanidine groups is 1. The molecule has 0 radical (unpaired) electrons. The summed E-state index contributed by atoms with van der Waals surface area (Å²) in [5.41, 5.74) is 3.72. The van der Waals surface area contributed by atoms with Crippen LogP contribution in [0.5, 0.6) is 0 Å². The van der Waals surface area contributed by atoms with E-state index in [2.05, 4.69) is 50.3 Å². The van der Waals surface area contributed by atoms with Crippen molar-refractivity contribution in [2.24, 2.45) is 4.99 Å². The molecular weight excluding hydrogens is 384 g/mol. The number of hydrogen-bond acceptors (Lipinski definition) is 3. The second kappa shape index (κ2) is 9.71. The molecule has 0 spiro atoms. The zero-order chi connectivity index (χ0) is 20.7. The average Bonchev–Trinajstić information content (AvgIpc) is 2.76. The third-order valence-corrected chi connectivity index (χ3v) is 6.47. The Labute approximate surface area is 173 Å². The Balaban J connectivity index is 1.54. The van der Waals surface area contributed by atoms with Crippen LogP contribution in [0.1, 0.15) is 24.0 Å². The van der Waals surface area contributed by atoms with Gasteiger partial charge >= 0.3 is 0 Å². The molecule has 1 aliphatic rings. The minimum Gasteiger partial charge on any atom is -0.352 e. The summed E-state index contributed by atoms with van der Waals surface area (Å²) in [6.07, 6.45) is 4.33. The van der Waals surface area contributed by atoms with E-state index in [4.69, 9.17) is 0 Å². The molecular formula is C22H28N4O2S. The maximum Gasteiger partial charge on any atom is 0.240 e. The Morgan fingerprint density at radius 3 is 2.31 bits per heavy atom. The highest BCUT2D eigenvalue weighted by Crippen LogP contribution is 2.19. The summed E-state index contributed by atoms with van der Waals surface area (Å²) < 4.78 is 26.0. The molecule has 3 rings (SSSR count). The molecule has 1 saturated heterocycles. The van der Waals surface area contributed by atoms with E-state index in [9.17, 15) is 8.42 Å². The summed E-state index contributed by atoms with van der Waals surface area (Å²) in [6, 6.07) is 17.3. The van der Waals surface area contributed by atoms with E-state index in [0.717, 1.165) is 37.5 Å². The average molecular weight is 413 g/mol. The fourth-order valence-electron chi connectivity index (χ4n) is 3.35. The SMILES string of the molecule is CN=C(NCc1ccc(S(=O)(=O)NC)cc1)N1CCC(=Cc2ccccc2)CC1. The van der Waals surface area contributed by atoms with Crippen molar-refractivity contribution in [1.29, 1.82) is 0 Å². The second-order valence-electron chi connectivity index (χ2n) is 6.95. The molecule has 29 heavy (non-hydrogen) atoms. The molecule has 2 aromatic carbocycles. The van der Waals surface area contributed by atoms with Crippen molar-refractivity contribution in [3.8, 4) is 0 Å². The van der Waals surface area contributed by atoms with E-state index in [1.54, 1.807) is 19.2 Å². The predicted molar refractivity (Wildman–Crippen MR) is 118 cm³/mol. The quantitative estimate of drug-likeness (QED) is 0.585. The van der Waals surface area contributed by atoms with Gasteiger partial charge in [0.05, 0.1) is 4.90 Å². The highest BCUT2D eigenvalue weighted by atomic mass is 32.2.